The number of alkyl halides is 3. The molecule has 0 aliphatic carbocycles. The van der Waals surface area contributed by atoms with Gasteiger partial charge in [-0.3, -0.25) is 9.89 Å². The molecule has 0 aliphatic heterocycles. The molecule has 0 aliphatic rings. The van der Waals surface area contributed by atoms with Crippen LogP contribution in [0.2, 0.25) is 0 Å². The zero-order chi connectivity index (χ0) is 14.8. The SMILES string of the molecule is CC(NC(=O)c1ncn[nH]1)c1ccc(C(F)(F)F)cc1. The van der Waals surface area contributed by atoms with Crippen LogP contribution in [-0.2, 0) is 6.18 Å². The number of amides is 1. The van der Waals surface area contributed by atoms with E-state index in [2.05, 4.69) is 20.5 Å². The lowest BCUT2D eigenvalue weighted by atomic mass is 10.1. The molecule has 0 radical (unpaired) electrons. The van der Waals surface area contributed by atoms with Gasteiger partial charge in [0.2, 0.25) is 5.82 Å². The Bertz CT molecular complexity index is 578. The van der Waals surface area contributed by atoms with Gasteiger partial charge < -0.3 is 5.32 Å². The van der Waals surface area contributed by atoms with E-state index in [9.17, 15) is 18.0 Å². The molecule has 5 nitrogen and oxygen atoms in total. The van der Waals surface area contributed by atoms with Crippen molar-refractivity contribution in [3.05, 3.63) is 47.5 Å². The second-order valence-electron chi connectivity index (χ2n) is 4.15. The van der Waals surface area contributed by atoms with Gasteiger partial charge in [0.15, 0.2) is 0 Å². The Hall–Kier alpha value is -2.38. The first kappa shape index (κ1) is 14.0. The summed E-state index contributed by atoms with van der Waals surface area (Å²) < 4.78 is 37.3. The van der Waals surface area contributed by atoms with Crippen molar-refractivity contribution >= 4 is 5.91 Å². The molecular weight excluding hydrogens is 273 g/mol. The Labute approximate surface area is 112 Å². The van der Waals surface area contributed by atoms with Crippen LogP contribution in [0.3, 0.4) is 0 Å². The van der Waals surface area contributed by atoms with E-state index >= 15 is 0 Å². The minimum atomic E-state index is -4.37. The predicted molar refractivity (Wildman–Crippen MR) is 63.7 cm³/mol. The van der Waals surface area contributed by atoms with Gasteiger partial charge in [0.05, 0.1) is 11.6 Å². The normalized spacial score (nSPS) is 13.0. The van der Waals surface area contributed by atoms with E-state index in [0.717, 1.165) is 12.1 Å². The van der Waals surface area contributed by atoms with Crippen LogP contribution in [0, 0.1) is 0 Å². The Morgan fingerprint density at radius 3 is 2.45 bits per heavy atom. The maximum absolute atomic E-state index is 12.4. The van der Waals surface area contributed by atoms with Crippen molar-refractivity contribution in [3.63, 3.8) is 0 Å². The lowest BCUT2D eigenvalue weighted by molar-refractivity contribution is -0.137. The number of rotatable bonds is 3. The van der Waals surface area contributed by atoms with Crippen LogP contribution in [0.25, 0.3) is 0 Å². The van der Waals surface area contributed by atoms with E-state index in [0.29, 0.717) is 5.56 Å². The van der Waals surface area contributed by atoms with E-state index in [1.54, 1.807) is 6.92 Å². The summed E-state index contributed by atoms with van der Waals surface area (Å²) in [4.78, 5) is 15.4. The highest BCUT2D eigenvalue weighted by molar-refractivity contribution is 5.90. The number of nitrogens with one attached hydrogen (secondary N) is 2. The molecular formula is C12H11F3N4O. The highest BCUT2D eigenvalue weighted by Gasteiger charge is 2.30. The molecule has 1 aromatic carbocycles. The second kappa shape index (κ2) is 5.32. The van der Waals surface area contributed by atoms with E-state index < -0.39 is 23.7 Å². The summed E-state index contributed by atoms with van der Waals surface area (Å²) in [6, 6.07) is 4.16. The molecule has 0 bridgehead atoms. The molecule has 0 saturated carbocycles. The molecule has 0 saturated heterocycles. The van der Waals surface area contributed by atoms with Crippen molar-refractivity contribution < 1.29 is 18.0 Å². The van der Waals surface area contributed by atoms with Gasteiger partial charge in [0.1, 0.15) is 6.33 Å². The van der Waals surface area contributed by atoms with E-state index in [1.807, 2.05) is 0 Å². The molecule has 2 rings (SSSR count). The quantitative estimate of drug-likeness (QED) is 0.908. The van der Waals surface area contributed by atoms with Crippen LogP contribution in [0.5, 0.6) is 0 Å². The predicted octanol–water partition coefficient (Wildman–Crippen LogP) is 2.31. The number of aromatic amines is 1. The summed E-state index contributed by atoms with van der Waals surface area (Å²) in [5.41, 5.74) is -0.166. The van der Waals surface area contributed by atoms with Gasteiger partial charge in [-0.25, -0.2) is 4.98 Å². The molecule has 8 heteroatoms. The van der Waals surface area contributed by atoms with Crippen molar-refractivity contribution in [2.45, 2.75) is 19.1 Å². The standard InChI is InChI=1S/C12H11F3N4O/c1-7(18-11(20)10-16-6-17-19-10)8-2-4-9(5-3-8)12(13,14)15/h2-7H,1H3,(H,18,20)(H,16,17,19). The summed E-state index contributed by atoms with van der Waals surface area (Å²) >= 11 is 0. The Morgan fingerprint density at radius 1 is 1.30 bits per heavy atom. The van der Waals surface area contributed by atoms with Gasteiger partial charge in [0, 0.05) is 0 Å². The first-order chi connectivity index (χ1) is 9.38. The molecule has 1 heterocycles. The Morgan fingerprint density at radius 2 is 1.95 bits per heavy atom. The summed E-state index contributed by atoms with van der Waals surface area (Å²) in [6.07, 6.45) is -3.18. The van der Waals surface area contributed by atoms with Crippen molar-refractivity contribution in [3.8, 4) is 0 Å². The summed E-state index contributed by atoms with van der Waals surface area (Å²) in [7, 11) is 0. The number of benzene rings is 1. The molecule has 1 aromatic heterocycles. The van der Waals surface area contributed by atoms with Crippen LogP contribution in [-0.4, -0.2) is 21.1 Å². The Kier molecular flexibility index (Phi) is 3.73. The van der Waals surface area contributed by atoms with Gasteiger partial charge in [0.25, 0.3) is 5.91 Å². The zero-order valence-electron chi connectivity index (χ0n) is 10.4. The average Bonchev–Trinajstić information content (AvgIpc) is 2.91. The topological polar surface area (TPSA) is 70.7 Å². The monoisotopic (exact) mass is 284 g/mol. The molecule has 1 unspecified atom stereocenters. The first-order valence-electron chi connectivity index (χ1n) is 5.71. The number of aromatic nitrogens is 3. The zero-order valence-corrected chi connectivity index (χ0v) is 10.4. The van der Waals surface area contributed by atoms with Crippen LogP contribution < -0.4 is 5.32 Å². The van der Waals surface area contributed by atoms with Crippen molar-refractivity contribution in [1.82, 2.24) is 20.5 Å². The Balaban J connectivity index is 2.06. The molecule has 2 aromatic rings. The number of hydrogen-bond acceptors (Lipinski definition) is 3. The third-order valence-corrected chi connectivity index (χ3v) is 2.72. The fourth-order valence-electron chi connectivity index (χ4n) is 1.62. The minimum Gasteiger partial charge on any atom is -0.343 e. The summed E-state index contributed by atoms with van der Waals surface area (Å²) in [5.74, 6) is -0.432. The van der Waals surface area contributed by atoms with Crippen LogP contribution in [0.15, 0.2) is 30.6 Å². The number of carbonyl (C=O) groups excluding carboxylic acids is 1. The molecule has 0 fully saturated rings. The van der Waals surface area contributed by atoms with Gasteiger partial charge >= 0.3 is 6.18 Å². The van der Waals surface area contributed by atoms with Crippen molar-refractivity contribution in [2.75, 3.05) is 0 Å². The number of H-pyrrole nitrogens is 1. The van der Waals surface area contributed by atoms with Crippen LogP contribution in [0.4, 0.5) is 13.2 Å². The molecule has 106 valence electrons. The highest BCUT2D eigenvalue weighted by atomic mass is 19.4. The lowest BCUT2D eigenvalue weighted by Gasteiger charge is -2.14. The number of nitrogens with zero attached hydrogens (tertiary/aromatic N) is 2. The highest BCUT2D eigenvalue weighted by Crippen LogP contribution is 2.29. The first-order valence-corrected chi connectivity index (χ1v) is 5.71. The van der Waals surface area contributed by atoms with Gasteiger partial charge in [-0.05, 0) is 24.6 Å². The molecule has 1 amide bonds. The number of halogens is 3. The van der Waals surface area contributed by atoms with Crippen molar-refractivity contribution in [2.24, 2.45) is 0 Å². The van der Waals surface area contributed by atoms with Gasteiger partial charge in [-0.1, -0.05) is 12.1 Å². The van der Waals surface area contributed by atoms with Gasteiger partial charge in [-0.2, -0.15) is 18.3 Å². The average molecular weight is 284 g/mol. The lowest BCUT2D eigenvalue weighted by Crippen LogP contribution is -2.27. The molecule has 0 spiro atoms. The number of hydrogen-bond donors (Lipinski definition) is 2. The second-order valence-corrected chi connectivity index (χ2v) is 4.15. The summed E-state index contributed by atoms with van der Waals surface area (Å²) in [5, 5.41) is 8.54. The largest absolute Gasteiger partial charge is 0.416 e. The number of carbonyl (C=O) groups is 1. The van der Waals surface area contributed by atoms with Gasteiger partial charge in [-0.15, -0.1) is 0 Å². The molecule has 20 heavy (non-hydrogen) atoms. The van der Waals surface area contributed by atoms with E-state index in [1.165, 1.54) is 18.5 Å². The third-order valence-electron chi connectivity index (χ3n) is 2.72. The van der Waals surface area contributed by atoms with E-state index in [-0.39, 0.29) is 5.82 Å². The third kappa shape index (κ3) is 3.14. The smallest absolute Gasteiger partial charge is 0.343 e. The molecule has 1 atom stereocenters. The minimum absolute atomic E-state index is 0.0451. The van der Waals surface area contributed by atoms with Crippen molar-refractivity contribution in [1.29, 1.82) is 0 Å². The maximum Gasteiger partial charge on any atom is 0.416 e. The van der Waals surface area contributed by atoms with Crippen LogP contribution in [0.1, 0.15) is 34.7 Å². The molecule has 2 N–H and O–H groups in total. The maximum atomic E-state index is 12.4. The summed E-state index contributed by atoms with van der Waals surface area (Å²) in [6.45, 7) is 1.66. The fraction of sp³-hybridized carbons (Fsp3) is 0.250. The van der Waals surface area contributed by atoms with E-state index in [4.69, 9.17) is 0 Å². The van der Waals surface area contributed by atoms with Crippen LogP contribution >= 0.6 is 0 Å². The fourth-order valence-corrected chi connectivity index (χ4v) is 1.62.